The van der Waals surface area contributed by atoms with Crippen LogP contribution in [-0.2, 0) is 0 Å². The lowest BCUT2D eigenvalue weighted by molar-refractivity contribution is 0.669. The molecule has 0 spiro atoms. The Morgan fingerprint density at radius 1 is 0.163 bits per heavy atom. The van der Waals surface area contributed by atoms with Gasteiger partial charge < -0.3 is 8.83 Å². The Kier molecular flexibility index (Phi) is 5.24. The smallest absolute Gasteiger partial charge is 0.136 e. The third-order valence-electron chi connectivity index (χ3n) is 16.3. The quantitative estimate of drug-likeness (QED) is 0.123. The monoisotopic (exact) mass is 1300 g/mol. The van der Waals surface area contributed by atoms with Crippen LogP contribution in [-0.4, -0.2) is 0 Å². The van der Waals surface area contributed by atoms with Crippen LogP contribution in [0.15, 0.2) is 359 Å². The van der Waals surface area contributed by atoms with Crippen molar-refractivity contribution in [2.75, 3.05) is 0 Å². The van der Waals surface area contributed by atoms with Crippen LogP contribution >= 0.6 is 0 Å². The van der Waals surface area contributed by atoms with Crippen molar-refractivity contribution in [3.63, 3.8) is 0 Å². The van der Waals surface area contributed by atoms with Crippen LogP contribution in [0.4, 0.5) is 0 Å². The maximum Gasteiger partial charge on any atom is 0.136 e. The highest BCUT2D eigenvalue weighted by Gasteiger charge is 2.22. The van der Waals surface area contributed by atoms with E-state index >= 15 is 0 Å². The molecule has 0 N–H and O–H groups in total. The van der Waals surface area contributed by atoms with Gasteiger partial charge >= 0.3 is 0 Å². The Hall–Kier alpha value is -12.9. The van der Waals surface area contributed by atoms with E-state index in [4.69, 9.17) is 56.8 Å². The Morgan fingerprint density at radius 2 is 0.439 bits per heavy atom. The van der Waals surface area contributed by atoms with Crippen LogP contribution in [0.2, 0.25) is 0 Å². The first-order valence-electron chi connectivity index (χ1n) is 58.1. The van der Waals surface area contributed by atoms with E-state index in [1.54, 1.807) is 0 Å². The predicted octanol–water partition coefficient (Wildman–Crippen LogP) is 27.6. The van der Waals surface area contributed by atoms with Crippen molar-refractivity contribution >= 4 is 141 Å². The molecule has 21 aromatic rings. The molecule has 19 aromatic carbocycles. The summed E-state index contributed by atoms with van der Waals surface area (Å²) in [6, 6.07) is -53.5. The van der Waals surface area contributed by atoms with E-state index in [0.29, 0.717) is 0 Å². The predicted molar refractivity (Wildman–Crippen MR) is 418 cm³/mol. The summed E-state index contributed by atoms with van der Waals surface area (Å²) in [6.45, 7) is 0. The molecule has 0 bridgehead atoms. The van der Waals surface area contributed by atoms with Crippen molar-refractivity contribution in [1.29, 1.82) is 0 Å². The molecule has 2 heterocycles. The van der Waals surface area contributed by atoms with Gasteiger partial charge in [0.25, 0.3) is 0 Å². The lowest BCUT2D eigenvalue weighted by atomic mass is 9.85. The summed E-state index contributed by atoms with van der Waals surface area (Å²) >= 11 is 0. The molecule has 0 aliphatic carbocycles. The van der Waals surface area contributed by atoms with E-state index < -0.39 is 558 Å². The number of hydrogen-bond donors (Lipinski definition) is 0. The summed E-state index contributed by atoms with van der Waals surface area (Å²) in [4.78, 5) is 0. The standard InChI is InChI=1S/C50H30O.C46H28O/c1-3-11-38-32(9-1)19-20-34-21-24-36(29-44(34)38)31-17-22-35(23-18-31)48-40-13-5-7-15-42(40)49(43-16-8-6-14-41(43)48)37-26-27-46-45(30-37)50-39-12-4-2-10-33(39)25-28-47(50)51-46;1-3-13-34-29(10-1)12-9-19-35(34)31-20-22-32(23-21-31)44-37-15-5-7-17-39(37)45(40-18-8-6-16-38(40)44)33-25-26-42-41(28-33)46-36-14-4-2-11-30(36)24-27-43(46)47-42/h1-30H;1-28H/i1D,2D,3D,4D,5D,6D,7D,8D,9D,10D,11D,12D,13D,14D,15D,16D,17D,18D,19D,20D,21D,22D,23D,24D,25D,26D,27D,28D,29D,30D;1D,2D,3D,4D,5D,6D,7D,8D,9D,10D,11D,12D,13D,14D,15D,16D,17D,18D,19D,20D,21D,22D,23D,24D,25D,26D,27D,28D. The highest BCUT2D eigenvalue weighted by molar-refractivity contribution is 6.26. The molecule has 0 fully saturated rings. The second-order valence-electron chi connectivity index (χ2n) is 21.5. The average Bonchev–Trinajstić information content (AvgIpc) is 0.792. The van der Waals surface area contributed by atoms with Gasteiger partial charge in [0.2, 0.25) is 0 Å². The second-order valence-corrected chi connectivity index (χ2v) is 21.5. The zero-order chi connectivity index (χ0) is 115. The van der Waals surface area contributed by atoms with Gasteiger partial charge in [-0.3, -0.25) is 0 Å². The molecule has 0 unspecified atom stereocenters. The normalized spacial score (nSPS) is 20.2. The van der Waals surface area contributed by atoms with Crippen molar-refractivity contribution in [1.82, 2.24) is 0 Å². The fourth-order valence-corrected chi connectivity index (χ4v) is 12.1. The van der Waals surface area contributed by atoms with E-state index in [9.17, 15) is 31.5 Å². The topological polar surface area (TPSA) is 26.3 Å². The first kappa shape index (κ1) is 22.9. The summed E-state index contributed by atoms with van der Waals surface area (Å²) in [5.41, 5.74) is -12.0. The number of rotatable bonds is 6. The van der Waals surface area contributed by atoms with Crippen molar-refractivity contribution in [2.45, 2.75) is 0 Å². The Balaban J connectivity index is 0.000000188. The van der Waals surface area contributed by atoms with Crippen LogP contribution in [0.3, 0.4) is 0 Å². The van der Waals surface area contributed by atoms with Gasteiger partial charge in [0.15, 0.2) is 0 Å². The van der Waals surface area contributed by atoms with Crippen molar-refractivity contribution in [3.8, 4) is 66.8 Å². The number of benzene rings is 19. The molecule has 454 valence electrons. The van der Waals surface area contributed by atoms with E-state index in [0.717, 1.165) is 0 Å². The molecule has 0 radical (unpaired) electrons. The molecule has 21 rings (SSSR count). The van der Waals surface area contributed by atoms with Gasteiger partial charge in [-0.1, -0.05) is 308 Å². The molecule has 98 heavy (non-hydrogen) atoms. The molecule has 0 saturated heterocycles. The number of fused-ring (bicyclic) bond motifs is 18. The van der Waals surface area contributed by atoms with E-state index in [1.807, 2.05) is 0 Å². The fraction of sp³-hybridized carbons (Fsp3) is 0. The van der Waals surface area contributed by atoms with Gasteiger partial charge in [0.1, 0.15) is 22.3 Å². The minimum atomic E-state index is -1.14. The van der Waals surface area contributed by atoms with Gasteiger partial charge in [-0.05, 0) is 206 Å². The Bertz CT molecular complexity index is 10300. The van der Waals surface area contributed by atoms with Crippen LogP contribution in [0, 0.1) is 0 Å². The second kappa shape index (κ2) is 22.4. The van der Waals surface area contributed by atoms with Gasteiger partial charge in [0, 0.05) is 21.5 Å². The summed E-state index contributed by atoms with van der Waals surface area (Å²) in [5.74, 6) is 0. The number of hydrogen-bond acceptors (Lipinski definition) is 2. The van der Waals surface area contributed by atoms with Gasteiger partial charge in [-0.15, -0.1) is 0 Å². The summed E-state index contributed by atoms with van der Waals surface area (Å²) in [6.07, 6.45) is 0. The van der Waals surface area contributed by atoms with Crippen LogP contribution in [0.5, 0.6) is 0 Å². The summed E-state index contributed by atoms with van der Waals surface area (Å²) in [5, 5.41) is -13.3. The molecule has 2 heteroatoms. The number of furan rings is 2. The zero-order valence-electron chi connectivity index (χ0n) is 107. The first-order chi connectivity index (χ1) is 72.8. The molecular weight excluding hydrogens is 1190 g/mol. The van der Waals surface area contributed by atoms with E-state index in [-0.39, 0.29) is 0 Å². The third kappa shape index (κ3) is 8.89. The highest BCUT2D eigenvalue weighted by atomic mass is 16.3. The highest BCUT2D eigenvalue weighted by Crippen LogP contribution is 2.49. The van der Waals surface area contributed by atoms with Crippen LogP contribution in [0.1, 0.15) is 79.5 Å². The Labute approximate surface area is 646 Å². The summed E-state index contributed by atoms with van der Waals surface area (Å²) < 4.78 is 536. The maximum absolute atomic E-state index is 9.92. The van der Waals surface area contributed by atoms with Gasteiger partial charge in [-0.2, -0.15) is 0 Å². The van der Waals surface area contributed by atoms with Gasteiger partial charge in [-0.25, -0.2) is 0 Å². The molecular formula is C96H58O2. The molecule has 0 aliphatic heterocycles. The third-order valence-corrected chi connectivity index (χ3v) is 16.3. The van der Waals surface area contributed by atoms with E-state index in [2.05, 4.69) is 0 Å². The largest absolute Gasteiger partial charge is 0.456 e. The average molecular weight is 1300 g/mol. The zero-order valence-corrected chi connectivity index (χ0v) is 48.8. The molecule has 0 amide bonds. The molecule has 2 nitrogen and oxygen atoms in total. The van der Waals surface area contributed by atoms with E-state index in [1.165, 1.54) is 0 Å². The maximum atomic E-state index is 9.92. The Morgan fingerprint density at radius 3 is 0.888 bits per heavy atom. The van der Waals surface area contributed by atoms with Crippen LogP contribution < -0.4 is 0 Å². The molecule has 0 aliphatic rings. The van der Waals surface area contributed by atoms with Crippen LogP contribution in [0.25, 0.3) is 208 Å². The molecule has 2 aromatic heterocycles. The molecule has 0 atom stereocenters. The lowest BCUT2D eigenvalue weighted by Gasteiger charge is -2.18. The summed E-state index contributed by atoms with van der Waals surface area (Å²) in [7, 11) is 0. The SMILES string of the molecule is [2H]c1c([2H])c(-c2c3c([2H])c([2H])c([2H])c([2H])c3c(-c3c([2H])c([2H])c4oc5c([2H])c([2H])c6c([2H])c([2H])c([2H])c([2H])c6c5c4c3[2H])c3c([2H])c([2H])c([2H])c([2H])c23)c([2H])c([2H])c1-c1c([2H])c([2H])c([2H])c2c([2H])c([2H])c([2H])c([2H])c12.[2H]c1c([2H])c(-c2c3c([2H])c([2H])c([2H])c([2H])c3c(-c3c([2H])c([2H])c4oc5c([2H])c([2H])c6c([2H])c([2H])c([2H])c([2H])c6c5c4c3[2H])c3c([2H])c([2H])c([2H])c([2H])c23)c([2H])c([2H])c1-c1c([2H])c([2H])c2c([2H])c([2H])c3c([2H])c([2H])c([2H])c([2H])c3c2c1[2H]. The fourth-order valence-electron chi connectivity index (χ4n) is 12.1. The lowest BCUT2D eigenvalue weighted by Crippen LogP contribution is -1.91. The van der Waals surface area contributed by atoms with Gasteiger partial charge in [0.05, 0.1) is 79.5 Å². The minimum Gasteiger partial charge on any atom is -0.456 e. The first-order valence-corrected chi connectivity index (χ1v) is 29.1. The van der Waals surface area contributed by atoms with Crippen molar-refractivity contribution in [2.24, 2.45) is 0 Å². The minimum absolute atomic E-state index is 0.403. The molecule has 0 saturated carbocycles. The van der Waals surface area contributed by atoms with Crippen molar-refractivity contribution in [3.05, 3.63) is 350 Å². The van der Waals surface area contributed by atoms with Crippen molar-refractivity contribution < 1.29 is 88.3 Å².